The number of aryl methyl sites for hydroxylation is 1. The van der Waals surface area contributed by atoms with Gasteiger partial charge in [-0.2, -0.15) is 0 Å². The first kappa shape index (κ1) is 14.7. The van der Waals surface area contributed by atoms with Gasteiger partial charge in [-0.25, -0.2) is 0 Å². The molecule has 0 aliphatic heterocycles. The van der Waals surface area contributed by atoms with Crippen molar-refractivity contribution in [2.24, 2.45) is 4.99 Å². The maximum absolute atomic E-state index is 4.62. The Morgan fingerprint density at radius 3 is 2.50 bits per heavy atom. The molecule has 2 aromatic carbocycles. The second kappa shape index (κ2) is 7.75. The summed E-state index contributed by atoms with van der Waals surface area (Å²) in [4.78, 5) is 4.62. The van der Waals surface area contributed by atoms with E-state index in [0.29, 0.717) is 0 Å². The Labute approximate surface area is 125 Å². The highest BCUT2D eigenvalue weighted by Gasteiger charge is 1.98. The van der Waals surface area contributed by atoms with Gasteiger partial charge in [-0.3, -0.25) is 4.99 Å². The van der Waals surface area contributed by atoms with Gasteiger partial charge in [0.1, 0.15) is 0 Å². The molecular formula is C17H20N2S. The van der Waals surface area contributed by atoms with Crippen LogP contribution in [0.4, 0.5) is 0 Å². The minimum Gasteiger partial charge on any atom is -0.361 e. The van der Waals surface area contributed by atoms with Gasteiger partial charge in [-0.05, 0) is 24.3 Å². The predicted molar refractivity (Wildman–Crippen MR) is 89.1 cm³/mol. The molecule has 1 N–H and O–H groups in total. The third kappa shape index (κ3) is 4.74. The highest BCUT2D eigenvalue weighted by molar-refractivity contribution is 8.13. The fraction of sp³-hybridized carbons (Fsp3) is 0.235. The Kier molecular flexibility index (Phi) is 5.69. The molecular weight excluding hydrogens is 264 g/mol. The Morgan fingerprint density at radius 2 is 1.80 bits per heavy atom. The fourth-order valence-electron chi connectivity index (χ4n) is 1.94. The molecule has 2 rings (SSSR count). The summed E-state index contributed by atoms with van der Waals surface area (Å²) in [5.41, 5.74) is 3.80. The van der Waals surface area contributed by atoms with Crippen molar-refractivity contribution in [3.8, 4) is 0 Å². The van der Waals surface area contributed by atoms with Crippen LogP contribution in [0, 0.1) is 6.92 Å². The Hall–Kier alpha value is -1.74. The summed E-state index contributed by atoms with van der Waals surface area (Å²) < 4.78 is 0. The largest absolute Gasteiger partial charge is 0.361 e. The van der Waals surface area contributed by atoms with Gasteiger partial charge in [-0.1, -0.05) is 71.9 Å². The van der Waals surface area contributed by atoms with Crippen molar-refractivity contribution in [2.45, 2.75) is 20.0 Å². The lowest BCUT2D eigenvalue weighted by Crippen LogP contribution is -2.19. The third-order valence-corrected chi connectivity index (χ3v) is 3.63. The van der Waals surface area contributed by atoms with Crippen molar-refractivity contribution in [1.82, 2.24) is 5.32 Å². The van der Waals surface area contributed by atoms with Crippen molar-refractivity contribution < 1.29 is 0 Å². The summed E-state index contributed by atoms with van der Waals surface area (Å²) in [7, 11) is 0. The first-order valence-corrected chi connectivity index (χ1v) is 7.92. The number of nitrogens with zero attached hydrogens (tertiary/aromatic N) is 1. The SMILES string of the molecule is CS/C(=N\Cc1ccccc1)NCc1cccc(C)c1. The first-order chi connectivity index (χ1) is 9.78. The van der Waals surface area contributed by atoms with E-state index in [4.69, 9.17) is 0 Å². The normalized spacial score (nSPS) is 11.4. The van der Waals surface area contributed by atoms with Crippen molar-refractivity contribution >= 4 is 16.9 Å². The highest BCUT2D eigenvalue weighted by Crippen LogP contribution is 2.06. The van der Waals surface area contributed by atoms with Crippen LogP contribution in [-0.2, 0) is 13.1 Å². The molecule has 0 aromatic heterocycles. The van der Waals surface area contributed by atoms with E-state index >= 15 is 0 Å². The number of nitrogens with one attached hydrogen (secondary N) is 1. The zero-order chi connectivity index (χ0) is 14.2. The average molecular weight is 284 g/mol. The molecule has 0 unspecified atom stereocenters. The number of hydrogen-bond acceptors (Lipinski definition) is 2. The minimum absolute atomic E-state index is 0.720. The maximum atomic E-state index is 4.62. The Bertz CT molecular complexity index is 564. The molecule has 0 saturated carbocycles. The molecule has 0 heterocycles. The van der Waals surface area contributed by atoms with Gasteiger partial charge in [0.15, 0.2) is 5.17 Å². The van der Waals surface area contributed by atoms with Crippen molar-refractivity contribution in [3.05, 3.63) is 71.3 Å². The zero-order valence-corrected chi connectivity index (χ0v) is 12.8. The summed E-state index contributed by atoms with van der Waals surface area (Å²) >= 11 is 1.65. The topological polar surface area (TPSA) is 24.4 Å². The van der Waals surface area contributed by atoms with Crippen LogP contribution in [0.3, 0.4) is 0 Å². The van der Waals surface area contributed by atoms with E-state index in [1.165, 1.54) is 16.7 Å². The molecule has 0 spiro atoms. The number of benzene rings is 2. The van der Waals surface area contributed by atoms with Crippen LogP contribution < -0.4 is 5.32 Å². The van der Waals surface area contributed by atoms with Gasteiger partial charge >= 0.3 is 0 Å². The van der Waals surface area contributed by atoms with Gasteiger partial charge in [0.2, 0.25) is 0 Å². The third-order valence-electron chi connectivity index (χ3n) is 2.97. The van der Waals surface area contributed by atoms with E-state index in [0.717, 1.165) is 18.3 Å². The lowest BCUT2D eigenvalue weighted by molar-refractivity contribution is 0.910. The van der Waals surface area contributed by atoms with Crippen LogP contribution in [0.15, 0.2) is 59.6 Å². The molecule has 20 heavy (non-hydrogen) atoms. The summed E-state index contributed by atoms with van der Waals surface area (Å²) in [6.45, 7) is 3.65. The predicted octanol–water partition coefficient (Wildman–Crippen LogP) is 4.00. The van der Waals surface area contributed by atoms with Gasteiger partial charge in [0.25, 0.3) is 0 Å². The molecule has 0 radical (unpaired) electrons. The number of rotatable bonds is 4. The fourth-order valence-corrected chi connectivity index (χ4v) is 2.35. The van der Waals surface area contributed by atoms with E-state index in [9.17, 15) is 0 Å². The lowest BCUT2D eigenvalue weighted by atomic mass is 10.1. The van der Waals surface area contributed by atoms with E-state index in [2.05, 4.69) is 53.6 Å². The molecule has 0 aliphatic rings. The van der Waals surface area contributed by atoms with Crippen LogP contribution in [0.25, 0.3) is 0 Å². The van der Waals surface area contributed by atoms with Gasteiger partial charge in [0.05, 0.1) is 6.54 Å². The molecule has 0 bridgehead atoms. The molecule has 2 nitrogen and oxygen atoms in total. The average Bonchev–Trinajstić information content (AvgIpc) is 2.48. The molecule has 104 valence electrons. The molecule has 0 amide bonds. The van der Waals surface area contributed by atoms with E-state index < -0.39 is 0 Å². The monoisotopic (exact) mass is 284 g/mol. The second-order valence-corrected chi connectivity index (χ2v) is 5.45. The van der Waals surface area contributed by atoms with E-state index in [1.807, 2.05) is 24.5 Å². The quantitative estimate of drug-likeness (QED) is 0.678. The van der Waals surface area contributed by atoms with E-state index in [-0.39, 0.29) is 0 Å². The number of thioether (sulfide) groups is 1. The van der Waals surface area contributed by atoms with Crippen molar-refractivity contribution in [2.75, 3.05) is 6.26 Å². The molecule has 0 aliphatic carbocycles. The summed E-state index contributed by atoms with van der Waals surface area (Å²) in [5.74, 6) is 0. The Morgan fingerprint density at radius 1 is 1.05 bits per heavy atom. The number of aliphatic imine (C=N–C) groups is 1. The minimum atomic E-state index is 0.720. The molecule has 3 heteroatoms. The Balaban J connectivity index is 1.92. The van der Waals surface area contributed by atoms with Crippen molar-refractivity contribution in [1.29, 1.82) is 0 Å². The lowest BCUT2D eigenvalue weighted by Gasteiger charge is -2.08. The highest BCUT2D eigenvalue weighted by atomic mass is 32.2. The van der Waals surface area contributed by atoms with Gasteiger partial charge in [-0.15, -0.1) is 0 Å². The smallest absolute Gasteiger partial charge is 0.156 e. The molecule has 0 saturated heterocycles. The summed E-state index contributed by atoms with van der Waals surface area (Å²) in [6, 6.07) is 18.8. The van der Waals surface area contributed by atoms with E-state index in [1.54, 1.807) is 11.8 Å². The summed E-state index contributed by atoms with van der Waals surface area (Å²) in [6.07, 6.45) is 2.05. The van der Waals surface area contributed by atoms with Crippen LogP contribution in [-0.4, -0.2) is 11.4 Å². The standard InChI is InChI=1S/C17H20N2S/c1-14-7-6-10-16(11-14)13-19-17(20-2)18-12-15-8-4-3-5-9-15/h3-11H,12-13H2,1-2H3,(H,18,19). The maximum Gasteiger partial charge on any atom is 0.156 e. The number of hydrogen-bond donors (Lipinski definition) is 1. The van der Waals surface area contributed by atoms with Crippen LogP contribution in [0.1, 0.15) is 16.7 Å². The number of amidine groups is 1. The van der Waals surface area contributed by atoms with Gasteiger partial charge in [0, 0.05) is 6.54 Å². The summed E-state index contributed by atoms with van der Waals surface area (Å²) in [5, 5.41) is 4.38. The van der Waals surface area contributed by atoms with Crippen molar-refractivity contribution in [3.63, 3.8) is 0 Å². The van der Waals surface area contributed by atoms with Crippen LogP contribution in [0.5, 0.6) is 0 Å². The zero-order valence-electron chi connectivity index (χ0n) is 12.0. The molecule has 0 atom stereocenters. The second-order valence-electron chi connectivity index (χ2n) is 4.65. The van der Waals surface area contributed by atoms with Crippen LogP contribution in [0.2, 0.25) is 0 Å². The molecule has 2 aromatic rings. The van der Waals surface area contributed by atoms with Gasteiger partial charge < -0.3 is 5.32 Å². The first-order valence-electron chi connectivity index (χ1n) is 6.69. The van der Waals surface area contributed by atoms with Crippen LogP contribution >= 0.6 is 11.8 Å². The molecule has 0 fully saturated rings.